The Balaban J connectivity index is 1.99. The van der Waals surface area contributed by atoms with E-state index in [0.29, 0.717) is 45.6 Å². The van der Waals surface area contributed by atoms with Crippen molar-refractivity contribution in [2.24, 2.45) is 4.99 Å². The molecule has 0 spiro atoms. The highest BCUT2D eigenvalue weighted by atomic mass is 32.2. The molecule has 0 radical (unpaired) electrons. The molecule has 3 rings (SSSR count). The lowest BCUT2D eigenvalue weighted by Gasteiger charge is -2.12. The van der Waals surface area contributed by atoms with Crippen LogP contribution in [0.1, 0.15) is 28.4 Å². The van der Waals surface area contributed by atoms with Gasteiger partial charge in [-0.05, 0) is 67.1 Å². The number of carbonyl (C=O) groups is 2. The zero-order valence-electron chi connectivity index (χ0n) is 17.2. The third kappa shape index (κ3) is 4.80. The molecule has 7 nitrogen and oxygen atoms in total. The number of likely N-dealkylation sites (N-methyl/N-ethyl adjacent to an activating group) is 1. The lowest BCUT2D eigenvalue weighted by molar-refractivity contribution is -0.122. The van der Waals surface area contributed by atoms with Crippen molar-refractivity contribution in [2.45, 2.75) is 13.3 Å². The number of thioether (sulfide) groups is 1. The number of benzene rings is 2. The maximum absolute atomic E-state index is 12.9. The van der Waals surface area contributed by atoms with E-state index in [1.165, 1.54) is 35.9 Å². The third-order valence-corrected chi connectivity index (χ3v) is 5.59. The number of carboxylic acids is 1. The SMILES string of the molecule is C=CCc1cc(C=C2SC(=Nc3cccc(C(=O)O)c3)N(CC)C2=O)cc(OC)c1O. The number of amides is 1. The Kier molecular flexibility index (Phi) is 6.81. The molecule has 0 bridgehead atoms. The first-order chi connectivity index (χ1) is 14.9. The van der Waals surface area contributed by atoms with Crippen molar-refractivity contribution < 1.29 is 24.5 Å². The third-order valence-electron chi connectivity index (χ3n) is 4.58. The van der Waals surface area contributed by atoms with Crippen molar-refractivity contribution >= 4 is 40.6 Å². The molecule has 8 heteroatoms. The van der Waals surface area contributed by atoms with E-state index >= 15 is 0 Å². The van der Waals surface area contributed by atoms with E-state index in [2.05, 4.69) is 11.6 Å². The molecule has 31 heavy (non-hydrogen) atoms. The van der Waals surface area contributed by atoms with Crippen LogP contribution in [-0.2, 0) is 11.2 Å². The summed E-state index contributed by atoms with van der Waals surface area (Å²) >= 11 is 1.21. The Morgan fingerprint density at radius 3 is 2.74 bits per heavy atom. The minimum atomic E-state index is -1.04. The van der Waals surface area contributed by atoms with Gasteiger partial charge in [-0.25, -0.2) is 9.79 Å². The van der Waals surface area contributed by atoms with E-state index in [1.54, 1.807) is 36.4 Å². The highest BCUT2D eigenvalue weighted by Crippen LogP contribution is 2.37. The summed E-state index contributed by atoms with van der Waals surface area (Å²) in [6.07, 6.45) is 3.85. The average Bonchev–Trinajstić information content (AvgIpc) is 3.04. The van der Waals surface area contributed by atoms with Gasteiger partial charge in [-0.2, -0.15) is 0 Å². The number of allylic oxidation sites excluding steroid dienone is 1. The lowest BCUT2D eigenvalue weighted by Crippen LogP contribution is -2.28. The Labute approximate surface area is 184 Å². The average molecular weight is 439 g/mol. The summed E-state index contributed by atoms with van der Waals surface area (Å²) in [5.74, 6) is -0.876. The number of nitrogens with zero attached hydrogens (tertiary/aromatic N) is 2. The number of phenols is 1. The van der Waals surface area contributed by atoms with Gasteiger partial charge in [-0.15, -0.1) is 6.58 Å². The molecule has 0 unspecified atom stereocenters. The molecule has 0 saturated carbocycles. The van der Waals surface area contributed by atoms with Crippen molar-refractivity contribution in [3.8, 4) is 11.5 Å². The fourth-order valence-electron chi connectivity index (χ4n) is 3.08. The number of ether oxygens (including phenoxy) is 1. The second-order valence-electron chi connectivity index (χ2n) is 6.63. The summed E-state index contributed by atoms with van der Waals surface area (Å²) in [4.78, 5) is 30.6. The molecule has 0 atom stereocenters. The van der Waals surface area contributed by atoms with E-state index in [1.807, 2.05) is 6.92 Å². The van der Waals surface area contributed by atoms with E-state index in [9.17, 15) is 19.8 Å². The molecule has 1 aliphatic rings. The fourth-order valence-corrected chi connectivity index (χ4v) is 4.14. The van der Waals surface area contributed by atoms with E-state index < -0.39 is 5.97 Å². The van der Waals surface area contributed by atoms with Gasteiger partial charge in [0.2, 0.25) is 0 Å². The van der Waals surface area contributed by atoms with Crippen molar-refractivity contribution in [3.05, 3.63) is 70.6 Å². The lowest BCUT2D eigenvalue weighted by atomic mass is 10.1. The van der Waals surface area contributed by atoms with Crippen LogP contribution in [-0.4, -0.2) is 45.8 Å². The summed E-state index contributed by atoms with van der Waals surface area (Å²) in [7, 11) is 1.47. The first kappa shape index (κ1) is 22.2. The van der Waals surface area contributed by atoms with Crippen molar-refractivity contribution in [2.75, 3.05) is 13.7 Å². The second-order valence-corrected chi connectivity index (χ2v) is 7.64. The van der Waals surface area contributed by atoms with Crippen LogP contribution in [0.3, 0.4) is 0 Å². The van der Waals surface area contributed by atoms with Crippen LogP contribution >= 0.6 is 11.8 Å². The molecule has 1 saturated heterocycles. The normalized spacial score (nSPS) is 16.2. The molecular weight excluding hydrogens is 416 g/mol. The molecule has 1 aliphatic heterocycles. The summed E-state index contributed by atoms with van der Waals surface area (Å²) in [5.41, 5.74) is 1.92. The van der Waals surface area contributed by atoms with E-state index in [4.69, 9.17) is 4.74 Å². The number of aromatic hydroxyl groups is 1. The van der Waals surface area contributed by atoms with Gasteiger partial charge in [0.1, 0.15) is 0 Å². The highest BCUT2D eigenvalue weighted by molar-refractivity contribution is 8.18. The Bertz CT molecular complexity index is 1110. The number of phenolic OH excluding ortho intramolecular Hbond substituents is 1. The van der Waals surface area contributed by atoms with Crippen molar-refractivity contribution in [1.82, 2.24) is 4.90 Å². The highest BCUT2D eigenvalue weighted by Gasteiger charge is 2.32. The first-order valence-corrected chi connectivity index (χ1v) is 10.3. The number of aromatic carboxylic acids is 1. The van der Waals surface area contributed by atoms with Gasteiger partial charge >= 0.3 is 5.97 Å². The quantitative estimate of drug-likeness (QED) is 0.489. The minimum Gasteiger partial charge on any atom is -0.504 e. The molecule has 2 aromatic rings. The fraction of sp³-hybridized carbons (Fsp3) is 0.174. The topological polar surface area (TPSA) is 99.4 Å². The Hall–Kier alpha value is -3.52. The van der Waals surface area contributed by atoms with Crippen molar-refractivity contribution in [3.63, 3.8) is 0 Å². The predicted octanol–water partition coefficient (Wildman–Crippen LogP) is 4.45. The maximum atomic E-state index is 12.9. The summed E-state index contributed by atoms with van der Waals surface area (Å²) in [5, 5.41) is 19.9. The number of hydrogen-bond acceptors (Lipinski definition) is 6. The largest absolute Gasteiger partial charge is 0.504 e. The maximum Gasteiger partial charge on any atom is 0.335 e. The smallest absolute Gasteiger partial charge is 0.335 e. The minimum absolute atomic E-state index is 0.0469. The van der Waals surface area contributed by atoms with Gasteiger partial charge in [-0.1, -0.05) is 12.1 Å². The molecule has 0 aliphatic carbocycles. The predicted molar refractivity (Wildman–Crippen MR) is 122 cm³/mol. The molecule has 0 aromatic heterocycles. The van der Waals surface area contributed by atoms with Gasteiger partial charge < -0.3 is 14.9 Å². The van der Waals surface area contributed by atoms with Crippen LogP contribution in [0.5, 0.6) is 11.5 Å². The summed E-state index contributed by atoms with van der Waals surface area (Å²) in [6.45, 7) is 5.96. The number of aliphatic imine (C=N–C) groups is 1. The number of methoxy groups -OCH3 is 1. The summed E-state index contributed by atoms with van der Waals surface area (Å²) < 4.78 is 5.25. The molecule has 1 heterocycles. The van der Waals surface area contributed by atoms with Gasteiger partial charge in [0.25, 0.3) is 5.91 Å². The van der Waals surface area contributed by atoms with Crippen LogP contribution < -0.4 is 4.74 Å². The number of rotatable bonds is 7. The number of amidine groups is 1. The first-order valence-electron chi connectivity index (χ1n) is 9.52. The number of hydrogen-bond donors (Lipinski definition) is 2. The summed E-state index contributed by atoms with van der Waals surface area (Å²) in [6, 6.07) is 9.68. The zero-order chi connectivity index (χ0) is 22.5. The molecule has 2 aromatic carbocycles. The number of carboxylic acid groups (broad SMARTS) is 1. The van der Waals surface area contributed by atoms with Crippen molar-refractivity contribution in [1.29, 1.82) is 0 Å². The van der Waals surface area contributed by atoms with Crippen LogP contribution in [0, 0.1) is 0 Å². The van der Waals surface area contributed by atoms with E-state index in [-0.39, 0.29) is 17.2 Å². The zero-order valence-corrected chi connectivity index (χ0v) is 18.0. The monoisotopic (exact) mass is 438 g/mol. The number of carbonyl (C=O) groups excluding carboxylic acids is 1. The van der Waals surface area contributed by atoms with Gasteiger partial charge in [0, 0.05) is 12.1 Å². The standard InChI is InChI=1S/C23H22N2O5S/c1-4-7-15-10-14(11-18(30-3)20(15)26)12-19-21(27)25(5-2)23(31-19)24-17-9-6-8-16(13-17)22(28)29/h4,6,8-13,26H,1,5,7H2,2-3H3,(H,28,29). The molecule has 160 valence electrons. The van der Waals surface area contributed by atoms with Crippen LogP contribution in [0.15, 0.2) is 59.0 Å². The van der Waals surface area contributed by atoms with Gasteiger partial charge in [0.15, 0.2) is 16.7 Å². The van der Waals surface area contributed by atoms with E-state index in [0.717, 1.165) is 0 Å². The molecule has 2 N–H and O–H groups in total. The van der Waals surface area contributed by atoms with Crippen LogP contribution in [0.25, 0.3) is 6.08 Å². The molecule has 1 amide bonds. The Morgan fingerprint density at radius 1 is 1.32 bits per heavy atom. The second kappa shape index (κ2) is 9.53. The van der Waals surface area contributed by atoms with Crippen LogP contribution in [0.4, 0.5) is 5.69 Å². The van der Waals surface area contributed by atoms with Crippen LogP contribution in [0.2, 0.25) is 0 Å². The van der Waals surface area contributed by atoms with Gasteiger partial charge in [0.05, 0.1) is 23.3 Å². The van der Waals surface area contributed by atoms with Gasteiger partial charge in [-0.3, -0.25) is 9.69 Å². The molecular formula is C23H22N2O5S. The molecule has 1 fully saturated rings. The Morgan fingerprint density at radius 2 is 2.10 bits per heavy atom.